The highest BCUT2D eigenvalue weighted by atomic mass is 19.4. The van der Waals surface area contributed by atoms with E-state index in [1.54, 1.807) is 4.58 Å². The van der Waals surface area contributed by atoms with Crippen LogP contribution in [0, 0.1) is 0 Å². The summed E-state index contributed by atoms with van der Waals surface area (Å²) in [6.45, 7) is 0.492. The van der Waals surface area contributed by atoms with Gasteiger partial charge in [0.15, 0.2) is 0 Å². The van der Waals surface area contributed by atoms with Gasteiger partial charge in [-0.25, -0.2) is 9.37 Å². The van der Waals surface area contributed by atoms with Crippen LogP contribution in [0.2, 0.25) is 0 Å². The van der Waals surface area contributed by atoms with Crippen molar-refractivity contribution in [3.8, 4) is 0 Å². The van der Waals surface area contributed by atoms with E-state index in [-0.39, 0.29) is 5.69 Å². The number of aromatic carboxylic acids is 1. The molecule has 1 aromatic carbocycles. The predicted molar refractivity (Wildman–Crippen MR) is 70.9 cm³/mol. The molecule has 7 heteroatoms. The molecule has 0 bridgehead atoms. The Kier molecular flexibility index (Phi) is 4.20. The van der Waals surface area contributed by atoms with Gasteiger partial charge in [-0.1, -0.05) is 0 Å². The molecule has 4 nitrogen and oxygen atoms in total. The molecule has 0 amide bonds. The number of rotatable bonds is 2. The van der Waals surface area contributed by atoms with E-state index in [4.69, 9.17) is 10.8 Å². The van der Waals surface area contributed by atoms with Gasteiger partial charge in [-0.15, -0.1) is 0 Å². The molecule has 21 heavy (non-hydrogen) atoms. The minimum absolute atomic E-state index is 0.182. The first-order valence-electron chi connectivity index (χ1n) is 6.63. The number of halogens is 3. The Morgan fingerprint density at radius 1 is 1.19 bits per heavy atom. The number of nitrogens with zero attached hydrogens (tertiary/aromatic N) is 1. The lowest BCUT2D eigenvalue weighted by molar-refractivity contribution is -0.442. The van der Waals surface area contributed by atoms with Gasteiger partial charge in [0.2, 0.25) is 5.84 Å². The van der Waals surface area contributed by atoms with Gasteiger partial charge in [0.25, 0.3) is 0 Å². The maximum Gasteiger partial charge on any atom is 0.416 e. The number of carboxylic acids is 1. The van der Waals surface area contributed by atoms with Crippen LogP contribution >= 0.6 is 0 Å². The number of benzene rings is 1. The van der Waals surface area contributed by atoms with Crippen molar-refractivity contribution in [1.29, 1.82) is 0 Å². The van der Waals surface area contributed by atoms with Gasteiger partial charge in [0.1, 0.15) is 5.69 Å². The molecule has 0 saturated carbocycles. The maximum absolute atomic E-state index is 12.9. The van der Waals surface area contributed by atoms with Crippen molar-refractivity contribution >= 4 is 17.5 Å². The van der Waals surface area contributed by atoms with Crippen LogP contribution in [0.3, 0.4) is 0 Å². The zero-order valence-corrected chi connectivity index (χ0v) is 11.3. The molecule has 3 N–H and O–H groups in total. The first-order chi connectivity index (χ1) is 9.79. The Bertz CT molecular complexity index is 594. The first kappa shape index (κ1) is 15.3. The fourth-order valence-corrected chi connectivity index (χ4v) is 2.38. The van der Waals surface area contributed by atoms with Gasteiger partial charge in [0, 0.05) is 6.42 Å². The van der Waals surface area contributed by atoms with Crippen molar-refractivity contribution in [3.05, 3.63) is 29.3 Å². The summed E-state index contributed by atoms with van der Waals surface area (Å²) in [6, 6.07) is 2.82. The Morgan fingerprint density at radius 2 is 1.90 bits per heavy atom. The van der Waals surface area contributed by atoms with Crippen LogP contribution in [0.25, 0.3) is 0 Å². The Balaban J connectivity index is 2.57. The van der Waals surface area contributed by atoms with E-state index >= 15 is 0 Å². The topological polar surface area (TPSA) is 66.3 Å². The second kappa shape index (κ2) is 5.75. The van der Waals surface area contributed by atoms with Crippen LogP contribution in [0.15, 0.2) is 18.2 Å². The van der Waals surface area contributed by atoms with E-state index in [1.165, 1.54) is 6.07 Å². The normalized spacial score (nSPS) is 16.7. The summed E-state index contributed by atoms with van der Waals surface area (Å²) in [6.07, 6.45) is -1.37. The quantitative estimate of drug-likeness (QED) is 0.825. The molecule has 1 aromatic rings. The minimum atomic E-state index is -4.60. The molecule has 0 saturated heterocycles. The summed E-state index contributed by atoms with van der Waals surface area (Å²) >= 11 is 0. The summed E-state index contributed by atoms with van der Waals surface area (Å²) in [5.74, 6) is -0.918. The van der Waals surface area contributed by atoms with E-state index < -0.39 is 23.3 Å². The van der Waals surface area contributed by atoms with E-state index in [9.17, 15) is 18.0 Å². The number of carboxylic acid groups (broad SMARTS) is 1. The number of carbonyl (C=O) groups is 1. The molecule has 0 aliphatic carbocycles. The molecule has 0 radical (unpaired) electrons. The smallest absolute Gasteiger partial charge is 0.416 e. The monoisotopic (exact) mass is 301 g/mol. The van der Waals surface area contributed by atoms with Gasteiger partial charge in [0.05, 0.1) is 17.7 Å². The summed E-state index contributed by atoms with van der Waals surface area (Å²) in [5.41, 5.74) is 4.72. The number of hydrogen-bond acceptors (Lipinski definition) is 2. The Hall–Kier alpha value is -2.05. The van der Waals surface area contributed by atoms with E-state index in [0.717, 1.165) is 25.3 Å². The van der Waals surface area contributed by atoms with Gasteiger partial charge < -0.3 is 5.11 Å². The largest absolute Gasteiger partial charge is 0.478 e. The molecule has 0 spiro atoms. The molecular weight excluding hydrogens is 285 g/mol. The fourth-order valence-electron chi connectivity index (χ4n) is 2.38. The third-order valence-corrected chi connectivity index (χ3v) is 3.47. The molecule has 0 aromatic heterocycles. The van der Waals surface area contributed by atoms with Crippen molar-refractivity contribution < 1.29 is 27.6 Å². The summed E-state index contributed by atoms with van der Waals surface area (Å²) < 4.78 is 40.3. The van der Waals surface area contributed by atoms with Gasteiger partial charge in [-0.2, -0.15) is 13.2 Å². The average Bonchev–Trinajstić information content (AvgIpc) is 2.62. The SMILES string of the molecule is NC1=[N+](c2cc(C(=O)O)cc(C(F)(F)F)c2)CCCCC1. The number of alkyl halides is 3. The molecular formula is C14H16F3N2O2+. The van der Waals surface area contributed by atoms with Crippen molar-refractivity contribution in [1.82, 2.24) is 0 Å². The molecule has 0 fully saturated rings. The summed E-state index contributed by atoms with van der Waals surface area (Å²) in [7, 11) is 0. The van der Waals surface area contributed by atoms with E-state index in [1.807, 2.05) is 0 Å². The number of amidine groups is 1. The van der Waals surface area contributed by atoms with E-state index in [2.05, 4.69) is 0 Å². The van der Waals surface area contributed by atoms with Crippen molar-refractivity contribution in [2.75, 3.05) is 6.54 Å². The maximum atomic E-state index is 12.9. The zero-order valence-electron chi connectivity index (χ0n) is 11.3. The Morgan fingerprint density at radius 3 is 2.52 bits per heavy atom. The highest BCUT2D eigenvalue weighted by molar-refractivity contribution is 5.89. The third-order valence-electron chi connectivity index (χ3n) is 3.47. The lowest BCUT2D eigenvalue weighted by atomic mass is 10.1. The van der Waals surface area contributed by atoms with Crippen molar-refractivity contribution in [2.24, 2.45) is 5.73 Å². The molecule has 0 atom stereocenters. The van der Waals surface area contributed by atoms with Crippen LogP contribution < -0.4 is 5.73 Å². The van der Waals surface area contributed by atoms with Crippen LogP contribution in [0.5, 0.6) is 0 Å². The number of hydrogen-bond donors (Lipinski definition) is 2. The highest BCUT2D eigenvalue weighted by Gasteiger charge is 2.33. The molecule has 0 unspecified atom stereocenters. The second-order valence-corrected chi connectivity index (χ2v) is 5.03. The minimum Gasteiger partial charge on any atom is -0.478 e. The van der Waals surface area contributed by atoms with Gasteiger partial charge in [-0.3, -0.25) is 5.73 Å². The van der Waals surface area contributed by atoms with Gasteiger partial charge >= 0.3 is 12.1 Å². The lowest BCUT2D eigenvalue weighted by Crippen LogP contribution is -2.25. The standard InChI is InChI=1S/C14H15F3N2O2/c15-14(16,17)10-6-9(13(20)21)7-11(8-10)19-5-3-1-2-4-12(19)18/h6-8,18H,1-5H2,(H,20,21)/p+1. The van der Waals surface area contributed by atoms with Crippen molar-refractivity contribution in [2.45, 2.75) is 31.9 Å². The lowest BCUT2D eigenvalue weighted by Gasteiger charge is -2.12. The first-order valence-corrected chi connectivity index (χ1v) is 6.63. The third kappa shape index (κ3) is 3.53. The van der Waals surface area contributed by atoms with Crippen LogP contribution in [0.4, 0.5) is 18.9 Å². The van der Waals surface area contributed by atoms with Crippen LogP contribution in [-0.4, -0.2) is 28.0 Å². The fraction of sp³-hybridized carbons (Fsp3) is 0.429. The molecule has 1 aliphatic rings. The molecule has 2 rings (SSSR count). The molecule has 1 heterocycles. The number of nitrogens with two attached hydrogens (primary N) is 1. The second-order valence-electron chi connectivity index (χ2n) is 5.03. The van der Waals surface area contributed by atoms with E-state index in [0.29, 0.717) is 24.9 Å². The average molecular weight is 301 g/mol. The zero-order chi connectivity index (χ0) is 15.6. The summed E-state index contributed by atoms with van der Waals surface area (Å²) in [5, 5.41) is 9.00. The van der Waals surface area contributed by atoms with Gasteiger partial charge in [-0.05, 0) is 37.5 Å². The highest BCUT2D eigenvalue weighted by Crippen LogP contribution is 2.33. The Labute approximate surface area is 119 Å². The molecule has 114 valence electrons. The van der Waals surface area contributed by atoms with Crippen LogP contribution in [0.1, 0.15) is 41.6 Å². The predicted octanol–water partition coefficient (Wildman–Crippen LogP) is 2.98. The van der Waals surface area contributed by atoms with Crippen LogP contribution in [-0.2, 0) is 6.18 Å². The van der Waals surface area contributed by atoms with Crippen molar-refractivity contribution in [3.63, 3.8) is 0 Å². The summed E-state index contributed by atoms with van der Waals surface area (Å²) in [4.78, 5) is 11.0. The molecule has 1 aliphatic heterocycles.